The summed E-state index contributed by atoms with van der Waals surface area (Å²) in [5, 5.41) is 3.65. The molecule has 1 saturated heterocycles. The average Bonchev–Trinajstić information content (AvgIpc) is 3.10. The van der Waals surface area contributed by atoms with Crippen molar-refractivity contribution in [1.82, 2.24) is 10.2 Å². The van der Waals surface area contributed by atoms with Crippen LogP contribution >= 0.6 is 0 Å². The zero-order valence-corrected chi connectivity index (χ0v) is 12.6. The molecule has 3 nitrogen and oxygen atoms in total. The lowest BCUT2D eigenvalue weighted by atomic mass is 10.0. The van der Waals surface area contributed by atoms with Crippen molar-refractivity contribution in [2.45, 2.75) is 83.5 Å². The molecule has 3 rings (SSSR count). The summed E-state index contributed by atoms with van der Waals surface area (Å²) in [5.41, 5.74) is -0.146. The molecule has 1 N–H and O–H groups in total. The molecule has 1 amide bonds. The first-order valence-corrected chi connectivity index (χ1v) is 8.14. The maximum Gasteiger partial charge on any atom is 0.244 e. The molecule has 0 radical (unpaired) electrons. The van der Waals surface area contributed by atoms with Gasteiger partial charge in [-0.3, -0.25) is 10.1 Å². The van der Waals surface area contributed by atoms with E-state index in [0.717, 1.165) is 18.8 Å². The fourth-order valence-corrected chi connectivity index (χ4v) is 3.90. The van der Waals surface area contributed by atoms with Crippen LogP contribution in [0.25, 0.3) is 0 Å². The molecule has 1 heterocycles. The van der Waals surface area contributed by atoms with Crippen molar-refractivity contribution in [3.63, 3.8) is 0 Å². The van der Waals surface area contributed by atoms with Crippen molar-refractivity contribution in [2.75, 3.05) is 0 Å². The zero-order valence-electron chi connectivity index (χ0n) is 12.6. The maximum absolute atomic E-state index is 12.8. The monoisotopic (exact) mass is 264 g/mol. The van der Waals surface area contributed by atoms with E-state index in [0.29, 0.717) is 17.9 Å². The van der Waals surface area contributed by atoms with E-state index in [9.17, 15) is 4.79 Å². The number of rotatable bonds is 2. The first kappa shape index (κ1) is 13.4. The van der Waals surface area contributed by atoms with Crippen LogP contribution in [0.2, 0.25) is 0 Å². The third-order valence-electron chi connectivity index (χ3n) is 5.37. The fraction of sp³-hybridized carbons (Fsp3) is 0.938. The summed E-state index contributed by atoms with van der Waals surface area (Å²) in [6.45, 7) is 6.83. The maximum atomic E-state index is 12.8. The van der Waals surface area contributed by atoms with Crippen molar-refractivity contribution in [1.29, 1.82) is 0 Å². The van der Waals surface area contributed by atoms with Gasteiger partial charge in [0.2, 0.25) is 5.91 Å². The van der Waals surface area contributed by atoms with Crippen LogP contribution < -0.4 is 5.32 Å². The van der Waals surface area contributed by atoms with Crippen LogP contribution in [-0.2, 0) is 4.79 Å². The van der Waals surface area contributed by atoms with E-state index >= 15 is 0 Å². The van der Waals surface area contributed by atoms with Gasteiger partial charge in [0.25, 0.3) is 0 Å². The summed E-state index contributed by atoms with van der Waals surface area (Å²) in [4.78, 5) is 15.0. The van der Waals surface area contributed by atoms with Crippen LogP contribution in [0.3, 0.4) is 0 Å². The Balaban J connectivity index is 1.78. The van der Waals surface area contributed by atoms with Crippen LogP contribution in [0, 0.1) is 11.8 Å². The van der Waals surface area contributed by atoms with E-state index < -0.39 is 0 Å². The van der Waals surface area contributed by atoms with Gasteiger partial charge in [-0.05, 0) is 43.9 Å². The van der Waals surface area contributed by atoms with E-state index in [2.05, 4.69) is 31.0 Å². The highest BCUT2D eigenvalue weighted by Crippen LogP contribution is 2.45. The van der Waals surface area contributed by atoms with Crippen molar-refractivity contribution in [3.05, 3.63) is 0 Å². The molecule has 1 aliphatic heterocycles. The Morgan fingerprint density at radius 1 is 1.21 bits per heavy atom. The number of hydrogen-bond acceptors (Lipinski definition) is 2. The van der Waals surface area contributed by atoms with Crippen molar-refractivity contribution >= 4 is 5.91 Å². The van der Waals surface area contributed by atoms with Gasteiger partial charge < -0.3 is 4.90 Å². The van der Waals surface area contributed by atoms with Gasteiger partial charge in [0.05, 0.1) is 11.7 Å². The van der Waals surface area contributed by atoms with Crippen molar-refractivity contribution < 1.29 is 4.79 Å². The molecule has 3 heteroatoms. The summed E-state index contributed by atoms with van der Waals surface area (Å²) >= 11 is 0. The normalized spacial score (nSPS) is 38.0. The Labute approximate surface area is 117 Å². The second kappa shape index (κ2) is 4.76. The minimum atomic E-state index is -0.146. The Kier molecular flexibility index (Phi) is 3.36. The van der Waals surface area contributed by atoms with Crippen LogP contribution in [0.1, 0.15) is 65.7 Å². The second-order valence-electron chi connectivity index (χ2n) is 7.39. The highest BCUT2D eigenvalue weighted by molar-refractivity contribution is 5.92. The van der Waals surface area contributed by atoms with E-state index in [-0.39, 0.29) is 11.7 Å². The van der Waals surface area contributed by atoms with E-state index in [1.165, 1.54) is 32.1 Å². The summed E-state index contributed by atoms with van der Waals surface area (Å²) < 4.78 is 0. The van der Waals surface area contributed by atoms with Gasteiger partial charge in [-0.25, -0.2) is 0 Å². The number of carbonyl (C=O) groups is 1. The van der Waals surface area contributed by atoms with Crippen LogP contribution in [0.4, 0.5) is 0 Å². The Morgan fingerprint density at radius 2 is 1.95 bits per heavy atom. The number of hydrogen-bond donors (Lipinski definition) is 1. The zero-order chi connectivity index (χ0) is 13.6. The highest BCUT2D eigenvalue weighted by atomic mass is 16.2. The first-order valence-electron chi connectivity index (χ1n) is 8.14. The second-order valence-corrected chi connectivity index (χ2v) is 7.39. The van der Waals surface area contributed by atoms with Gasteiger partial charge in [0.15, 0.2) is 0 Å². The number of nitrogens with zero attached hydrogens (tertiary/aromatic N) is 1. The topological polar surface area (TPSA) is 32.3 Å². The van der Waals surface area contributed by atoms with Gasteiger partial charge in [0, 0.05) is 6.04 Å². The number of amides is 1. The predicted octanol–water partition coefficient (Wildman–Crippen LogP) is 2.90. The molecule has 3 unspecified atom stereocenters. The van der Waals surface area contributed by atoms with Crippen molar-refractivity contribution in [2.24, 2.45) is 11.8 Å². The lowest BCUT2D eigenvalue weighted by molar-refractivity contribution is -0.133. The third kappa shape index (κ3) is 2.31. The van der Waals surface area contributed by atoms with Crippen molar-refractivity contribution in [3.8, 4) is 0 Å². The van der Waals surface area contributed by atoms with Gasteiger partial charge in [0.1, 0.15) is 0 Å². The largest absolute Gasteiger partial charge is 0.322 e. The lowest BCUT2D eigenvalue weighted by Gasteiger charge is -2.34. The molecular weight excluding hydrogens is 236 g/mol. The third-order valence-corrected chi connectivity index (χ3v) is 5.37. The summed E-state index contributed by atoms with van der Waals surface area (Å²) in [7, 11) is 0. The molecule has 0 aromatic rings. The molecule has 1 spiro atoms. The van der Waals surface area contributed by atoms with Gasteiger partial charge in [-0.2, -0.15) is 0 Å². The Bertz CT molecular complexity index is 362. The molecule has 0 bridgehead atoms. The van der Waals surface area contributed by atoms with E-state index in [1.807, 2.05) is 0 Å². The molecule has 2 aliphatic carbocycles. The Hall–Kier alpha value is -0.570. The van der Waals surface area contributed by atoms with Crippen LogP contribution in [-0.4, -0.2) is 28.6 Å². The smallest absolute Gasteiger partial charge is 0.244 e. The van der Waals surface area contributed by atoms with E-state index in [4.69, 9.17) is 0 Å². The Morgan fingerprint density at radius 3 is 2.58 bits per heavy atom. The highest BCUT2D eigenvalue weighted by Gasteiger charge is 2.60. The van der Waals surface area contributed by atoms with Crippen LogP contribution in [0.5, 0.6) is 0 Å². The summed E-state index contributed by atoms with van der Waals surface area (Å²) in [5.74, 6) is 1.75. The minimum Gasteiger partial charge on any atom is -0.322 e. The molecule has 108 valence electrons. The van der Waals surface area contributed by atoms with E-state index in [1.54, 1.807) is 0 Å². The average molecular weight is 264 g/mol. The molecule has 0 aromatic carbocycles. The minimum absolute atomic E-state index is 0.146. The van der Waals surface area contributed by atoms with Gasteiger partial charge in [-0.1, -0.05) is 33.6 Å². The van der Waals surface area contributed by atoms with Crippen LogP contribution in [0.15, 0.2) is 0 Å². The summed E-state index contributed by atoms with van der Waals surface area (Å²) in [6, 6.07) is 0.484. The molecular formula is C16H28N2O. The van der Waals surface area contributed by atoms with Gasteiger partial charge in [-0.15, -0.1) is 0 Å². The number of nitrogens with one attached hydrogen (secondary N) is 1. The number of carbonyl (C=O) groups excluding carboxylic acids is 1. The fourth-order valence-electron chi connectivity index (χ4n) is 3.90. The standard InChI is InChI=1S/C16H28N2O/c1-11(2)14-17-16(9-10-16)15(19)18(14)13-6-4-5-12(3)7-8-13/h11-14,17H,4-10H2,1-3H3. The molecule has 3 aliphatic rings. The SMILES string of the molecule is CC1CCCC(N2C(=O)C3(CC3)NC2C(C)C)CC1. The lowest BCUT2D eigenvalue weighted by Crippen LogP contribution is -2.47. The molecule has 2 saturated carbocycles. The quantitative estimate of drug-likeness (QED) is 0.778. The summed E-state index contributed by atoms with van der Waals surface area (Å²) in [6.07, 6.45) is 8.69. The molecule has 19 heavy (non-hydrogen) atoms. The first-order chi connectivity index (χ1) is 9.03. The molecule has 3 atom stereocenters. The molecule has 0 aromatic heterocycles. The van der Waals surface area contributed by atoms with Gasteiger partial charge >= 0.3 is 0 Å². The predicted molar refractivity (Wildman–Crippen MR) is 76.6 cm³/mol. The molecule has 3 fully saturated rings.